The summed E-state index contributed by atoms with van der Waals surface area (Å²) in [5.74, 6) is 0.508. The van der Waals surface area contributed by atoms with Gasteiger partial charge < -0.3 is 15.0 Å². The molecular weight excluding hydrogens is 292 g/mol. The smallest absolute Gasteiger partial charge is 0.267 e. The Bertz CT molecular complexity index is 560. The molecule has 1 aliphatic heterocycles. The Labute approximate surface area is 129 Å². The second-order valence-electron chi connectivity index (χ2n) is 5.47. The predicted molar refractivity (Wildman–Crippen MR) is 83.1 cm³/mol. The van der Waals surface area contributed by atoms with Crippen molar-refractivity contribution in [2.45, 2.75) is 26.9 Å². The first-order valence-corrected chi connectivity index (χ1v) is 7.43. The number of amides is 2. The summed E-state index contributed by atoms with van der Waals surface area (Å²) < 4.78 is 5.64. The molecule has 0 saturated heterocycles. The number of hydrogen-bond acceptors (Lipinski definition) is 3. The zero-order valence-electron chi connectivity index (χ0n) is 12.4. The van der Waals surface area contributed by atoms with Gasteiger partial charge in [-0.15, -0.1) is 11.6 Å². The number of anilines is 2. The van der Waals surface area contributed by atoms with Crippen molar-refractivity contribution in [3.8, 4) is 5.75 Å². The van der Waals surface area contributed by atoms with E-state index in [2.05, 4.69) is 19.2 Å². The highest BCUT2D eigenvalue weighted by Gasteiger charge is 2.31. The van der Waals surface area contributed by atoms with Crippen molar-refractivity contribution in [1.29, 1.82) is 0 Å². The molecule has 0 aliphatic carbocycles. The van der Waals surface area contributed by atoms with Crippen LogP contribution in [-0.4, -0.2) is 30.3 Å². The van der Waals surface area contributed by atoms with Crippen LogP contribution in [0, 0.1) is 5.92 Å². The maximum Gasteiger partial charge on any atom is 0.267 e. The number of hydrogen-bond donors (Lipinski definition) is 1. The summed E-state index contributed by atoms with van der Waals surface area (Å²) in [6.45, 7) is 6.47. The van der Waals surface area contributed by atoms with Crippen molar-refractivity contribution in [2.75, 3.05) is 22.6 Å². The number of benzene rings is 1. The first-order chi connectivity index (χ1) is 9.92. The second-order valence-corrected chi connectivity index (χ2v) is 5.73. The molecule has 0 bridgehead atoms. The summed E-state index contributed by atoms with van der Waals surface area (Å²) in [7, 11) is 0. The van der Waals surface area contributed by atoms with Gasteiger partial charge in [0.05, 0.1) is 5.69 Å². The molecule has 0 spiro atoms. The fourth-order valence-electron chi connectivity index (χ4n) is 2.24. The summed E-state index contributed by atoms with van der Waals surface area (Å²) >= 11 is 5.47. The minimum atomic E-state index is -0.532. The molecule has 2 rings (SSSR count). The van der Waals surface area contributed by atoms with Gasteiger partial charge in [-0.05, 0) is 25.0 Å². The third-order valence-electron chi connectivity index (χ3n) is 3.12. The molecule has 114 valence electrons. The van der Waals surface area contributed by atoms with Gasteiger partial charge in [-0.2, -0.15) is 0 Å². The van der Waals surface area contributed by atoms with Crippen LogP contribution in [-0.2, 0) is 9.59 Å². The van der Waals surface area contributed by atoms with Crippen LogP contribution in [0.2, 0.25) is 0 Å². The molecule has 0 fully saturated rings. The molecule has 1 aromatic rings. The zero-order chi connectivity index (χ0) is 15.6. The maximum atomic E-state index is 12.2. The van der Waals surface area contributed by atoms with Crippen LogP contribution in [0.3, 0.4) is 0 Å². The highest BCUT2D eigenvalue weighted by atomic mass is 35.5. The van der Waals surface area contributed by atoms with Crippen LogP contribution in [0.25, 0.3) is 0 Å². The fraction of sp³-hybridized carbons (Fsp3) is 0.467. The highest BCUT2D eigenvalue weighted by Crippen LogP contribution is 2.36. The van der Waals surface area contributed by atoms with Gasteiger partial charge in [0.2, 0.25) is 5.91 Å². The van der Waals surface area contributed by atoms with E-state index in [0.717, 1.165) is 5.69 Å². The second kappa shape index (κ2) is 6.35. The van der Waals surface area contributed by atoms with Gasteiger partial charge in [0, 0.05) is 18.3 Å². The van der Waals surface area contributed by atoms with Crippen LogP contribution in [0.4, 0.5) is 11.4 Å². The number of ether oxygens (including phenoxy) is 1. The summed E-state index contributed by atoms with van der Waals surface area (Å²) in [5.41, 5.74) is 1.33. The molecule has 1 unspecified atom stereocenters. The first kappa shape index (κ1) is 15.6. The molecule has 2 amide bonds. The minimum Gasteiger partial charge on any atom is -0.479 e. The van der Waals surface area contributed by atoms with Gasteiger partial charge in [-0.3, -0.25) is 9.59 Å². The standard InChI is InChI=1S/C15H19ClN2O3/c1-9(2)8-18-12-5-4-11(17-14(19)7-16)6-13(12)21-10(3)15(18)20/h4-6,9-10H,7-8H2,1-3H3,(H,17,19). The number of fused-ring (bicyclic) bond motifs is 1. The average Bonchev–Trinajstić information content (AvgIpc) is 2.43. The molecule has 0 saturated carbocycles. The summed E-state index contributed by atoms with van der Waals surface area (Å²) in [6.07, 6.45) is -0.532. The zero-order valence-corrected chi connectivity index (χ0v) is 13.1. The van der Waals surface area contributed by atoms with Crippen LogP contribution >= 0.6 is 11.6 Å². The van der Waals surface area contributed by atoms with Gasteiger partial charge in [0.1, 0.15) is 11.6 Å². The molecule has 1 aliphatic rings. The van der Waals surface area contributed by atoms with E-state index in [9.17, 15) is 9.59 Å². The summed E-state index contributed by atoms with van der Waals surface area (Å²) in [4.78, 5) is 25.3. The van der Waals surface area contributed by atoms with Gasteiger partial charge >= 0.3 is 0 Å². The van der Waals surface area contributed by atoms with Crippen LogP contribution in [0.1, 0.15) is 20.8 Å². The molecular formula is C15H19ClN2O3. The molecule has 6 heteroatoms. The first-order valence-electron chi connectivity index (χ1n) is 6.90. The lowest BCUT2D eigenvalue weighted by atomic mass is 10.1. The molecule has 1 heterocycles. The Morgan fingerprint density at radius 2 is 2.19 bits per heavy atom. The van der Waals surface area contributed by atoms with Crippen molar-refractivity contribution in [3.05, 3.63) is 18.2 Å². The van der Waals surface area contributed by atoms with Gasteiger partial charge in [0.25, 0.3) is 5.91 Å². The quantitative estimate of drug-likeness (QED) is 0.870. The Kier molecular flexibility index (Phi) is 4.73. The molecule has 1 aromatic carbocycles. The Morgan fingerprint density at radius 1 is 1.48 bits per heavy atom. The lowest BCUT2D eigenvalue weighted by molar-refractivity contribution is -0.125. The van der Waals surface area contributed by atoms with E-state index in [1.54, 1.807) is 30.0 Å². The summed E-state index contributed by atoms with van der Waals surface area (Å²) in [5, 5.41) is 2.67. The van der Waals surface area contributed by atoms with E-state index in [4.69, 9.17) is 16.3 Å². The Morgan fingerprint density at radius 3 is 2.81 bits per heavy atom. The van der Waals surface area contributed by atoms with Crippen molar-refractivity contribution in [1.82, 2.24) is 0 Å². The number of nitrogens with zero attached hydrogens (tertiary/aromatic N) is 1. The van der Waals surface area contributed by atoms with E-state index in [-0.39, 0.29) is 17.7 Å². The third kappa shape index (κ3) is 3.47. The maximum absolute atomic E-state index is 12.2. The van der Waals surface area contributed by atoms with Gasteiger partial charge in [-0.25, -0.2) is 0 Å². The molecule has 1 atom stereocenters. The predicted octanol–water partition coefficient (Wildman–Crippen LogP) is 2.63. The number of alkyl halides is 1. The normalized spacial score (nSPS) is 17.5. The van der Waals surface area contributed by atoms with E-state index < -0.39 is 6.10 Å². The van der Waals surface area contributed by atoms with E-state index in [1.807, 2.05) is 0 Å². The average molecular weight is 311 g/mol. The van der Waals surface area contributed by atoms with Gasteiger partial charge in [0.15, 0.2) is 6.10 Å². The fourth-order valence-corrected chi connectivity index (χ4v) is 2.30. The molecule has 0 aromatic heterocycles. The van der Waals surface area contributed by atoms with Crippen molar-refractivity contribution < 1.29 is 14.3 Å². The molecule has 5 nitrogen and oxygen atoms in total. The van der Waals surface area contributed by atoms with Crippen LogP contribution in [0.15, 0.2) is 18.2 Å². The lowest BCUT2D eigenvalue weighted by Crippen LogP contribution is -2.46. The number of halogens is 1. The number of carbonyl (C=O) groups is 2. The van der Waals surface area contributed by atoms with E-state index in [1.165, 1.54) is 0 Å². The largest absolute Gasteiger partial charge is 0.479 e. The topological polar surface area (TPSA) is 58.6 Å². The molecule has 21 heavy (non-hydrogen) atoms. The van der Waals surface area contributed by atoms with Crippen LogP contribution in [0.5, 0.6) is 5.75 Å². The number of carbonyl (C=O) groups excluding carboxylic acids is 2. The number of nitrogens with one attached hydrogen (secondary N) is 1. The Hall–Kier alpha value is -1.75. The SMILES string of the molecule is CC(C)CN1C(=O)C(C)Oc2cc(NC(=O)CCl)ccc21. The number of rotatable bonds is 4. The molecule has 0 radical (unpaired) electrons. The van der Waals surface area contributed by atoms with Crippen molar-refractivity contribution in [3.63, 3.8) is 0 Å². The highest BCUT2D eigenvalue weighted by molar-refractivity contribution is 6.29. The minimum absolute atomic E-state index is 0.0475. The third-order valence-corrected chi connectivity index (χ3v) is 3.36. The summed E-state index contributed by atoms with van der Waals surface area (Å²) in [6, 6.07) is 5.24. The lowest BCUT2D eigenvalue weighted by Gasteiger charge is -2.34. The van der Waals surface area contributed by atoms with Crippen LogP contribution < -0.4 is 15.0 Å². The van der Waals surface area contributed by atoms with Gasteiger partial charge in [-0.1, -0.05) is 13.8 Å². The van der Waals surface area contributed by atoms with E-state index >= 15 is 0 Å². The van der Waals surface area contributed by atoms with Crippen molar-refractivity contribution in [2.24, 2.45) is 5.92 Å². The van der Waals surface area contributed by atoms with Crippen molar-refractivity contribution >= 4 is 34.8 Å². The monoisotopic (exact) mass is 310 g/mol. The Balaban J connectivity index is 2.32. The molecule has 1 N–H and O–H groups in total. The van der Waals surface area contributed by atoms with E-state index in [0.29, 0.717) is 23.9 Å².